The number of amides is 3. The molecule has 3 heterocycles. The smallest absolute Gasteiger partial charge is 0.318 e. The van der Waals surface area contributed by atoms with Crippen molar-refractivity contribution in [1.82, 2.24) is 14.8 Å². The molecule has 4 rings (SSSR count). The van der Waals surface area contributed by atoms with Crippen molar-refractivity contribution in [3.05, 3.63) is 64.1 Å². The average Bonchev–Trinajstić information content (AvgIpc) is 2.74. The second-order valence-corrected chi connectivity index (χ2v) is 8.89. The third-order valence-corrected chi connectivity index (χ3v) is 6.18. The molecule has 0 aliphatic carbocycles. The number of hydrogen-bond donors (Lipinski definition) is 2. The van der Waals surface area contributed by atoms with E-state index in [1.807, 2.05) is 6.07 Å². The van der Waals surface area contributed by atoms with Crippen LogP contribution in [0.3, 0.4) is 0 Å². The van der Waals surface area contributed by atoms with Crippen LogP contribution in [0, 0.1) is 23.5 Å². The maximum atomic E-state index is 13.5. The summed E-state index contributed by atoms with van der Waals surface area (Å²) in [6.07, 6.45) is 0.914. The van der Waals surface area contributed by atoms with E-state index in [0.29, 0.717) is 19.6 Å². The van der Waals surface area contributed by atoms with Crippen molar-refractivity contribution in [3.63, 3.8) is 0 Å². The fourth-order valence-electron chi connectivity index (χ4n) is 4.62. The number of carbonyl (C=O) groups excluding carboxylic acids is 2. The lowest BCUT2D eigenvalue weighted by Crippen LogP contribution is -2.56. The van der Waals surface area contributed by atoms with Gasteiger partial charge < -0.3 is 20.1 Å². The molecule has 9 heteroatoms. The van der Waals surface area contributed by atoms with Crippen molar-refractivity contribution in [2.75, 3.05) is 18.4 Å². The highest BCUT2D eigenvalue weighted by atomic mass is 19.2. The van der Waals surface area contributed by atoms with E-state index in [9.17, 15) is 23.2 Å². The van der Waals surface area contributed by atoms with Crippen LogP contribution in [0.4, 0.5) is 19.3 Å². The molecule has 2 N–H and O–H groups in total. The van der Waals surface area contributed by atoms with E-state index >= 15 is 0 Å². The quantitative estimate of drug-likeness (QED) is 0.761. The number of likely N-dealkylation sites (tertiary alicyclic amines) is 1. The van der Waals surface area contributed by atoms with Gasteiger partial charge in [0.2, 0.25) is 5.91 Å². The largest absolute Gasteiger partial charge is 0.326 e. The molecule has 2 aliphatic rings. The van der Waals surface area contributed by atoms with Gasteiger partial charge in [0, 0.05) is 49.1 Å². The molecule has 0 saturated carbocycles. The van der Waals surface area contributed by atoms with Crippen LogP contribution in [-0.4, -0.2) is 40.5 Å². The zero-order valence-electron chi connectivity index (χ0n) is 18.0. The van der Waals surface area contributed by atoms with Crippen molar-refractivity contribution in [2.45, 2.75) is 38.8 Å². The number of pyridine rings is 1. The predicted octanol–water partition coefficient (Wildman–Crippen LogP) is 2.92. The molecule has 1 saturated heterocycles. The number of carbonyl (C=O) groups is 2. The standard InChI is InChI=1S/C23H26F2N4O3/c1-13(2)21(22(31)26-16-6-7-17(24)18(25)9-16)27-23(32)28-10-14-8-15(12-28)19-4-3-5-20(30)29(19)11-14/h3-7,9,13-15,21H,8,10-12H2,1-2H3,(H,26,31)(H,27,32)/t14-,15+,21-/m0/s1. The Morgan fingerprint density at radius 2 is 1.84 bits per heavy atom. The summed E-state index contributed by atoms with van der Waals surface area (Å²) in [5.74, 6) is -2.57. The molecule has 3 atom stereocenters. The first-order valence-corrected chi connectivity index (χ1v) is 10.7. The summed E-state index contributed by atoms with van der Waals surface area (Å²) in [6, 6.07) is 7.11. The molecule has 3 amide bonds. The first-order chi connectivity index (χ1) is 15.2. The monoisotopic (exact) mass is 444 g/mol. The summed E-state index contributed by atoms with van der Waals surface area (Å²) in [4.78, 5) is 39.7. The maximum Gasteiger partial charge on any atom is 0.318 e. The van der Waals surface area contributed by atoms with Crippen LogP contribution < -0.4 is 16.2 Å². The zero-order valence-corrected chi connectivity index (χ0v) is 18.0. The van der Waals surface area contributed by atoms with Gasteiger partial charge in [0.25, 0.3) is 5.56 Å². The molecular formula is C23H26F2N4O3. The molecular weight excluding hydrogens is 418 g/mol. The summed E-state index contributed by atoms with van der Waals surface area (Å²) >= 11 is 0. The fraction of sp³-hybridized carbons (Fsp3) is 0.435. The molecule has 1 fully saturated rings. The number of benzene rings is 1. The zero-order chi connectivity index (χ0) is 23.0. The number of fused-ring (bicyclic) bond motifs is 4. The number of piperidine rings is 1. The number of anilines is 1. The first-order valence-electron chi connectivity index (χ1n) is 10.7. The summed E-state index contributed by atoms with van der Waals surface area (Å²) in [7, 11) is 0. The number of nitrogens with zero attached hydrogens (tertiary/aromatic N) is 2. The van der Waals surface area contributed by atoms with Gasteiger partial charge in [0.15, 0.2) is 11.6 Å². The Morgan fingerprint density at radius 1 is 1.06 bits per heavy atom. The topological polar surface area (TPSA) is 83.4 Å². The molecule has 170 valence electrons. The number of aromatic nitrogens is 1. The highest BCUT2D eigenvalue weighted by molar-refractivity contribution is 5.97. The van der Waals surface area contributed by atoms with Crippen LogP contribution in [0.5, 0.6) is 0 Å². The Hall–Kier alpha value is -3.23. The lowest BCUT2D eigenvalue weighted by atomic mass is 9.83. The normalized spacial score (nSPS) is 20.5. The molecule has 0 radical (unpaired) electrons. The third-order valence-electron chi connectivity index (χ3n) is 6.18. The van der Waals surface area contributed by atoms with E-state index in [0.717, 1.165) is 24.2 Å². The van der Waals surface area contributed by atoms with Gasteiger partial charge in [-0.15, -0.1) is 0 Å². The molecule has 2 bridgehead atoms. The Kier molecular flexibility index (Phi) is 5.99. The van der Waals surface area contributed by atoms with Crippen molar-refractivity contribution in [3.8, 4) is 0 Å². The van der Waals surface area contributed by atoms with E-state index in [1.54, 1.807) is 35.4 Å². The number of rotatable bonds is 4. The highest BCUT2D eigenvalue weighted by Crippen LogP contribution is 2.35. The second kappa shape index (κ2) is 8.72. The Bertz CT molecular complexity index is 1100. The highest BCUT2D eigenvalue weighted by Gasteiger charge is 2.37. The summed E-state index contributed by atoms with van der Waals surface area (Å²) < 4.78 is 28.4. The van der Waals surface area contributed by atoms with Crippen LogP contribution >= 0.6 is 0 Å². The molecule has 7 nitrogen and oxygen atoms in total. The van der Waals surface area contributed by atoms with Crippen molar-refractivity contribution in [1.29, 1.82) is 0 Å². The van der Waals surface area contributed by atoms with Crippen LogP contribution in [0.25, 0.3) is 0 Å². The molecule has 1 aromatic carbocycles. The van der Waals surface area contributed by atoms with Gasteiger partial charge in [-0.25, -0.2) is 13.6 Å². The van der Waals surface area contributed by atoms with Gasteiger partial charge in [-0.1, -0.05) is 19.9 Å². The molecule has 1 aromatic heterocycles. The molecule has 0 spiro atoms. The van der Waals surface area contributed by atoms with Crippen molar-refractivity contribution < 1.29 is 18.4 Å². The van der Waals surface area contributed by atoms with Gasteiger partial charge in [-0.3, -0.25) is 9.59 Å². The van der Waals surface area contributed by atoms with Crippen LogP contribution in [0.2, 0.25) is 0 Å². The predicted molar refractivity (Wildman–Crippen MR) is 115 cm³/mol. The lowest BCUT2D eigenvalue weighted by Gasteiger charge is -2.43. The molecule has 2 aromatic rings. The lowest BCUT2D eigenvalue weighted by molar-refractivity contribution is -0.118. The van der Waals surface area contributed by atoms with Gasteiger partial charge in [-0.2, -0.15) is 0 Å². The summed E-state index contributed by atoms with van der Waals surface area (Å²) in [5.41, 5.74) is 1.02. The maximum absolute atomic E-state index is 13.5. The van der Waals surface area contributed by atoms with Crippen LogP contribution in [-0.2, 0) is 11.3 Å². The minimum absolute atomic E-state index is 0.0242. The third kappa shape index (κ3) is 4.37. The molecule has 0 unspecified atom stereocenters. The summed E-state index contributed by atoms with van der Waals surface area (Å²) in [6.45, 7) is 5.12. The van der Waals surface area contributed by atoms with Gasteiger partial charge >= 0.3 is 6.03 Å². The summed E-state index contributed by atoms with van der Waals surface area (Å²) in [5, 5.41) is 5.34. The first kappa shape index (κ1) is 22.0. The average molecular weight is 444 g/mol. The van der Waals surface area contributed by atoms with Crippen molar-refractivity contribution in [2.24, 2.45) is 11.8 Å². The van der Waals surface area contributed by atoms with E-state index in [1.165, 1.54) is 6.07 Å². The Balaban J connectivity index is 1.45. The molecule has 32 heavy (non-hydrogen) atoms. The Morgan fingerprint density at radius 3 is 2.56 bits per heavy atom. The number of urea groups is 1. The van der Waals surface area contributed by atoms with Crippen LogP contribution in [0.15, 0.2) is 41.2 Å². The number of halogens is 2. The minimum atomic E-state index is -1.06. The van der Waals surface area contributed by atoms with E-state index in [4.69, 9.17) is 0 Å². The van der Waals surface area contributed by atoms with Gasteiger partial charge in [0.1, 0.15) is 6.04 Å². The van der Waals surface area contributed by atoms with E-state index < -0.39 is 23.6 Å². The van der Waals surface area contributed by atoms with Crippen molar-refractivity contribution >= 4 is 17.6 Å². The van der Waals surface area contributed by atoms with E-state index in [2.05, 4.69) is 10.6 Å². The van der Waals surface area contributed by atoms with Gasteiger partial charge in [-0.05, 0) is 36.5 Å². The number of nitrogens with one attached hydrogen (secondary N) is 2. The fourth-order valence-corrected chi connectivity index (χ4v) is 4.62. The van der Waals surface area contributed by atoms with Crippen LogP contribution in [0.1, 0.15) is 31.9 Å². The van der Waals surface area contributed by atoms with Gasteiger partial charge in [0.05, 0.1) is 0 Å². The SMILES string of the molecule is CC(C)[C@H](NC(=O)N1C[C@@H]2C[C@H](C1)c1cccc(=O)n1C2)C(=O)Nc1ccc(F)c(F)c1. The number of hydrogen-bond acceptors (Lipinski definition) is 3. The second-order valence-electron chi connectivity index (χ2n) is 8.89. The molecule has 2 aliphatic heterocycles. The Labute approximate surface area is 184 Å². The van der Waals surface area contributed by atoms with E-state index in [-0.39, 0.29) is 35.0 Å². The minimum Gasteiger partial charge on any atom is -0.326 e.